The Hall–Kier alpha value is -3.35. The minimum absolute atomic E-state index is 0.0101. The van der Waals surface area contributed by atoms with Crippen molar-refractivity contribution >= 4 is 28.7 Å². The van der Waals surface area contributed by atoms with Crippen molar-refractivity contribution < 1.29 is 4.42 Å². The molecule has 0 aliphatic heterocycles. The molecule has 7 nitrogen and oxygen atoms in total. The summed E-state index contributed by atoms with van der Waals surface area (Å²) in [5, 5.41) is 0. The van der Waals surface area contributed by atoms with Crippen molar-refractivity contribution in [1.29, 1.82) is 0 Å². The van der Waals surface area contributed by atoms with E-state index in [0.29, 0.717) is 11.6 Å². The van der Waals surface area contributed by atoms with Crippen molar-refractivity contribution in [3.63, 3.8) is 0 Å². The van der Waals surface area contributed by atoms with Crippen LogP contribution < -0.4 is 17.2 Å². The second kappa shape index (κ2) is 6.27. The molecule has 6 N–H and O–H groups in total. The Balaban J connectivity index is 2.06. The van der Waals surface area contributed by atoms with Gasteiger partial charge >= 0.3 is 0 Å². The zero-order valence-corrected chi connectivity index (χ0v) is 14.4. The smallest absolute Gasteiger partial charge is 0.227 e. The molecule has 0 bridgehead atoms. The third-order valence-corrected chi connectivity index (χ3v) is 3.94. The zero-order chi connectivity index (χ0) is 18.1. The van der Waals surface area contributed by atoms with Crippen molar-refractivity contribution in [3.05, 3.63) is 47.0 Å². The van der Waals surface area contributed by atoms with E-state index >= 15 is 0 Å². The Bertz CT molecular complexity index is 973. The van der Waals surface area contributed by atoms with E-state index in [-0.39, 0.29) is 11.9 Å². The summed E-state index contributed by atoms with van der Waals surface area (Å²) in [5.41, 5.74) is 22.6. The molecule has 0 spiro atoms. The van der Waals surface area contributed by atoms with Crippen LogP contribution in [-0.2, 0) is 0 Å². The van der Waals surface area contributed by atoms with E-state index < -0.39 is 0 Å². The van der Waals surface area contributed by atoms with Crippen molar-refractivity contribution in [2.24, 2.45) is 27.2 Å². The number of aliphatic imine (C=N–C) groups is 2. The fraction of sp³-hybridized carbons (Fsp3) is 0.167. The first-order valence-corrected chi connectivity index (χ1v) is 7.76. The molecule has 1 aromatic heterocycles. The van der Waals surface area contributed by atoms with Crippen LogP contribution in [0.2, 0.25) is 0 Å². The molecule has 0 amide bonds. The van der Waals surface area contributed by atoms with Crippen LogP contribution in [0.15, 0.2) is 44.7 Å². The third-order valence-electron chi connectivity index (χ3n) is 3.94. The summed E-state index contributed by atoms with van der Waals surface area (Å²) >= 11 is 0. The molecule has 0 aliphatic carbocycles. The summed E-state index contributed by atoms with van der Waals surface area (Å²) in [6, 6.07) is 9.69. The van der Waals surface area contributed by atoms with E-state index in [4.69, 9.17) is 21.6 Å². The highest BCUT2D eigenvalue weighted by Crippen LogP contribution is 2.30. The molecule has 3 rings (SSSR count). The number of hydrogen-bond acceptors (Lipinski definition) is 3. The van der Waals surface area contributed by atoms with E-state index in [9.17, 15) is 0 Å². The summed E-state index contributed by atoms with van der Waals surface area (Å²) in [6.45, 7) is 6.01. The van der Waals surface area contributed by atoms with E-state index in [1.54, 1.807) is 0 Å². The largest absolute Gasteiger partial charge is 0.436 e. The van der Waals surface area contributed by atoms with Crippen LogP contribution in [0.5, 0.6) is 0 Å². The van der Waals surface area contributed by atoms with Gasteiger partial charge in [0.1, 0.15) is 5.52 Å². The number of aryl methyl sites for hydroxylation is 3. The predicted octanol–water partition coefficient (Wildman–Crippen LogP) is 2.64. The Morgan fingerprint density at radius 2 is 1.68 bits per heavy atom. The molecule has 1 heterocycles. The topological polar surface area (TPSA) is 129 Å². The highest BCUT2D eigenvalue weighted by Gasteiger charge is 2.11. The van der Waals surface area contributed by atoms with Crippen LogP contribution in [0.4, 0.5) is 5.69 Å². The Labute approximate surface area is 145 Å². The first kappa shape index (κ1) is 16.5. The Kier molecular flexibility index (Phi) is 4.14. The lowest BCUT2D eigenvalue weighted by Gasteiger charge is -2.03. The van der Waals surface area contributed by atoms with Crippen LogP contribution in [0, 0.1) is 20.8 Å². The van der Waals surface area contributed by atoms with Gasteiger partial charge in [-0.3, -0.25) is 0 Å². The number of benzene rings is 2. The molecule has 0 fully saturated rings. The number of guanidine groups is 2. The molecule has 7 heteroatoms. The Morgan fingerprint density at radius 3 is 2.40 bits per heavy atom. The van der Waals surface area contributed by atoms with E-state index in [1.165, 1.54) is 5.56 Å². The van der Waals surface area contributed by atoms with E-state index in [1.807, 2.05) is 51.1 Å². The number of aromatic nitrogens is 1. The van der Waals surface area contributed by atoms with Crippen molar-refractivity contribution in [1.82, 2.24) is 4.98 Å². The number of hydrogen-bond donors (Lipinski definition) is 3. The fourth-order valence-electron chi connectivity index (χ4n) is 2.45. The number of fused-ring (bicyclic) bond motifs is 1. The van der Waals surface area contributed by atoms with Gasteiger partial charge in [-0.1, -0.05) is 6.07 Å². The second-order valence-electron chi connectivity index (χ2n) is 5.93. The first-order chi connectivity index (χ1) is 11.8. The maximum Gasteiger partial charge on any atom is 0.227 e. The molecule has 0 atom stereocenters. The standard InChI is InChI=1S/C18H20N6O/c1-9-4-5-12(8-13(9)23-18(21)24-17(19)20)16-22-14-6-10(2)11(3)7-15(14)25-16/h4-8H,1-3H3,(H6,19,20,21,23,24). The number of oxazole rings is 1. The maximum absolute atomic E-state index is 5.90. The first-order valence-electron chi connectivity index (χ1n) is 7.76. The van der Waals surface area contributed by atoms with Gasteiger partial charge in [0.15, 0.2) is 11.5 Å². The molecule has 0 saturated heterocycles. The lowest BCUT2D eigenvalue weighted by molar-refractivity contribution is 0.619. The number of nitrogens with two attached hydrogens (primary N) is 3. The van der Waals surface area contributed by atoms with Gasteiger partial charge < -0.3 is 21.6 Å². The van der Waals surface area contributed by atoms with Gasteiger partial charge in [0.25, 0.3) is 0 Å². The average molecular weight is 336 g/mol. The Morgan fingerprint density at radius 1 is 0.960 bits per heavy atom. The van der Waals surface area contributed by atoms with Crippen molar-refractivity contribution in [3.8, 4) is 11.5 Å². The summed E-state index contributed by atoms with van der Waals surface area (Å²) in [7, 11) is 0. The van der Waals surface area contributed by atoms with Crippen molar-refractivity contribution in [2.45, 2.75) is 20.8 Å². The normalized spacial score (nSPS) is 11.7. The predicted molar refractivity (Wildman–Crippen MR) is 101 cm³/mol. The molecule has 0 aliphatic rings. The van der Waals surface area contributed by atoms with E-state index in [0.717, 1.165) is 27.8 Å². The van der Waals surface area contributed by atoms with E-state index in [2.05, 4.69) is 15.0 Å². The minimum Gasteiger partial charge on any atom is -0.436 e. The summed E-state index contributed by atoms with van der Waals surface area (Å²) in [4.78, 5) is 12.5. The second-order valence-corrected chi connectivity index (χ2v) is 5.93. The zero-order valence-electron chi connectivity index (χ0n) is 14.4. The van der Waals surface area contributed by atoms with Crippen LogP contribution in [0.3, 0.4) is 0 Å². The van der Waals surface area contributed by atoms with Gasteiger partial charge in [0.2, 0.25) is 11.9 Å². The van der Waals surface area contributed by atoms with Gasteiger partial charge in [-0.25, -0.2) is 9.98 Å². The molecular formula is C18H20N6O. The molecule has 0 unspecified atom stereocenters. The highest BCUT2D eigenvalue weighted by atomic mass is 16.3. The summed E-state index contributed by atoms with van der Waals surface area (Å²) < 4.78 is 5.90. The van der Waals surface area contributed by atoms with Crippen LogP contribution in [-0.4, -0.2) is 16.9 Å². The van der Waals surface area contributed by atoms with Gasteiger partial charge in [-0.2, -0.15) is 4.99 Å². The monoisotopic (exact) mass is 336 g/mol. The van der Waals surface area contributed by atoms with Crippen LogP contribution >= 0.6 is 0 Å². The van der Waals surface area contributed by atoms with Crippen LogP contribution in [0.1, 0.15) is 16.7 Å². The minimum atomic E-state index is -0.139. The van der Waals surface area contributed by atoms with Crippen LogP contribution in [0.25, 0.3) is 22.6 Å². The molecule has 0 radical (unpaired) electrons. The quantitative estimate of drug-likeness (QED) is 0.489. The van der Waals surface area contributed by atoms with Gasteiger partial charge in [-0.05, 0) is 61.7 Å². The molecule has 25 heavy (non-hydrogen) atoms. The molecule has 3 aromatic rings. The molecular weight excluding hydrogens is 316 g/mol. The van der Waals surface area contributed by atoms with Gasteiger partial charge in [0, 0.05) is 5.56 Å². The fourth-order valence-corrected chi connectivity index (χ4v) is 2.45. The van der Waals surface area contributed by atoms with Gasteiger partial charge in [-0.15, -0.1) is 0 Å². The summed E-state index contributed by atoms with van der Waals surface area (Å²) in [6.07, 6.45) is 0. The number of nitrogens with zero attached hydrogens (tertiary/aromatic N) is 3. The highest BCUT2D eigenvalue weighted by molar-refractivity contribution is 5.94. The molecule has 128 valence electrons. The number of rotatable bonds is 2. The lowest BCUT2D eigenvalue weighted by Crippen LogP contribution is -2.26. The lowest BCUT2D eigenvalue weighted by atomic mass is 10.1. The molecule has 0 saturated carbocycles. The summed E-state index contributed by atoms with van der Waals surface area (Å²) in [5.74, 6) is 0.376. The average Bonchev–Trinajstić information content (AvgIpc) is 2.92. The third kappa shape index (κ3) is 3.45. The molecule has 2 aromatic carbocycles. The SMILES string of the molecule is Cc1cc2nc(-c3ccc(C)c(N=C(N)N=C(N)N)c3)oc2cc1C. The maximum atomic E-state index is 5.90. The van der Waals surface area contributed by atoms with Crippen molar-refractivity contribution in [2.75, 3.05) is 0 Å². The van der Waals surface area contributed by atoms with Gasteiger partial charge in [0.05, 0.1) is 5.69 Å².